The van der Waals surface area contributed by atoms with Crippen molar-refractivity contribution in [3.63, 3.8) is 0 Å². The molecule has 2 rings (SSSR count). The summed E-state index contributed by atoms with van der Waals surface area (Å²) in [6, 6.07) is 7.63. The molecule has 2 aromatic rings. The van der Waals surface area contributed by atoms with E-state index in [9.17, 15) is 4.79 Å². The van der Waals surface area contributed by atoms with Gasteiger partial charge in [-0.05, 0) is 24.6 Å². The van der Waals surface area contributed by atoms with Crippen molar-refractivity contribution in [3.8, 4) is 6.07 Å². The number of halogens is 1. The molecule has 0 aliphatic heterocycles. The van der Waals surface area contributed by atoms with Crippen molar-refractivity contribution in [2.24, 2.45) is 0 Å². The molecule has 20 heavy (non-hydrogen) atoms. The molecule has 104 valence electrons. The van der Waals surface area contributed by atoms with Crippen molar-refractivity contribution in [2.75, 3.05) is 5.75 Å². The Labute approximate surface area is 129 Å². The van der Waals surface area contributed by atoms with Crippen molar-refractivity contribution in [2.45, 2.75) is 31.5 Å². The first kappa shape index (κ1) is 15.1. The van der Waals surface area contributed by atoms with Crippen LogP contribution in [0.3, 0.4) is 0 Å². The second kappa shape index (κ2) is 6.91. The molecule has 0 spiro atoms. The van der Waals surface area contributed by atoms with Crippen LogP contribution in [0, 0.1) is 11.3 Å². The summed E-state index contributed by atoms with van der Waals surface area (Å²) in [6.07, 6.45) is 1.32. The van der Waals surface area contributed by atoms with E-state index in [-0.39, 0.29) is 5.56 Å². The molecule has 0 atom stereocenters. The van der Waals surface area contributed by atoms with Gasteiger partial charge in [0.2, 0.25) is 0 Å². The number of fused-ring (bicyclic) bond motifs is 1. The first-order valence-electron chi connectivity index (χ1n) is 6.37. The van der Waals surface area contributed by atoms with Crippen molar-refractivity contribution in [1.29, 1.82) is 5.26 Å². The van der Waals surface area contributed by atoms with Crippen LogP contribution in [0.2, 0.25) is 0 Å². The van der Waals surface area contributed by atoms with Crippen LogP contribution >= 0.6 is 27.7 Å². The van der Waals surface area contributed by atoms with E-state index in [1.807, 2.05) is 19.1 Å². The Morgan fingerprint density at radius 3 is 3.00 bits per heavy atom. The highest BCUT2D eigenvalue weighted by molar-refractivity contribution is 9.10. The molecule has 0 aliphatic carbocycles. The van der Waals surface area contributed by atoms with Crippen LogP contribution in [0.5, 0.6) is 0 Å². The summed E-state index contributed by atoms with van der Waals surface area (Å²) >= 11 is 4.85. The zero-order chi connectivity index (χ0) is 14.5. The highest BCUT2D eigenvalue weighted by Crippen LogP contribution is 2.21. The van der Waals surface area contributed by atoms with Gasteiger partial charge in [-0.15, -0.1) is 0 Å². The van der Waals surface area contributed by atoms with Gasteiger partial charge in [-0.1, -0.05) is 34.6 Å². The first-order chi connectivity index (χ1) is 9.67. The van der Waals surface area contributed by atoms with Gasteiger partial charge in [-0.25, -0.2) is 4.98 Å². The van der Waals surface area contributed by atoms with Crippen LogP contribution in [-0.4, -0.2) is 15.3 Å². The average molecular weight is 352 g/mol. The zero-order valence-corrected chi connectivity index (χ0v) is 13.5. The van der Waals surface area contributed by atoms with Gasteiger partial charge in [0.15, 0.2) is 5.16 Å². The second-order valence-electron chi connectivity index (χ2n) is 4.27. The summed E-state index contributed by atoms with van der Waals surface area (Å²) in [5.74, 6) is 0.648. The van der Waals surface area contributed by atoms with Crippen LogP contribution < -0.4 is 5.56 Å². The number of aromatic nitrogens is 2. The standard InChI is InChI=1S/C14H14BrN3OS/c1-2-7-18-13(19)11-9-10(15)4-5-12(11)17-14(18)20-8-3-6-16/h4-5,9H,2-3,7-8H2,1H3. The number of benzene rings is 1. The molecule has 0 bridgehead atoms. The van der Waals surface area contributed by atoms with E-state index in [1.165, 1.54) is 11.8 Å². The number of rotatable bonds is 5. The summed E-state index contributed by atoms with van der Waals surface area (Å²) in [7, 11) is 0. The molecule has 1 aromatic heterocycles. The Morgan fingerprint density at radius 1 is 1.50 bits per heavy atom. The third kappa shape index (κ3) is 3.22. The normalized spacial score (nSPS) is 10.7. The van der Waals surface area contributed by atoms with E-state index < -0.39 is 0 Å². The highest BCUT2D eigenvalue weighted by Gasteiger charge is 2.11. The third-order valence-corrected chi connectivity index (χ3v) is 4.24. The number of hydrogen-bond donors (Lipinski definition) is 0. The minimum absolute atomic E-state index is 0.0161. The third-order valence-electron chi connectivity index (χ3n) is 2.77. The molecule has 0 aliphatic rings. The number of thioether (sulfide) groups is 1. The van der Waals surface area contributed by atoms with Crippen LogP contribution in [0.4, 0.5) is 0 Å². The van der Waals surface area contributed by atoms with Gasteiger partial charge in [0.25, 0.3) is 5.56 Å². The van der Waals surface area contributed by atoms with Gasteiger partial charge in [0.05, 0.1) is 17.0 Å². The Morgan fingerprint density at radius 2 is 2.30 bits per heavy atom. The van der Waals surface area contributed by atoms with Crippen molar-refractivity contribution in [1.82, 2.24) is 9.55 Å². The minimum Gasteiger partial charge on any atom is -0.287 e. The maximum atomic E-state index is 12.5. The van der Waals surface area contributed by atoms with Crippen molar-refractivity contribution < 1.29 is 0 Å². The molecule has 0 N–H and O–H groups in total. The molecule has 0 amide bonds. The molecule has 1 aromatic carbocycles. The molecular formula is C14H14BrN3OS. The monoisotopic (exact) mass is 351 g/mol. The van der Waals surface area contributed by atoms with E-state index >= 15 is 0 Å². The van der Waals surface area contributed by atoms with Crippen molar-refractivity contribution in [3.05, 3.63) is 33.0 Å². The quantitative estimate of drug-likeness (QED) is 0.469. The summed E-state index contributed by atoms with van der Waals surface area (Å²) in [4.78, 5) is 17.1. The van der Waals surface area contributed by atoms with Gasteiger partial charge in [0.1, 0.15) is 0 Å². The van der Waals surface area contributed by atoms with E-state index in [2.05, 4.69) is 27.0 Å². The highest BCUT2D eigenvalue weighted by atomic mass is 79.9. The summed E-state index contributed by atoms with van der Waals surface area (Å²) in [5, 5.41) is 9.94. The Hall–Kier alpha value is -1.32. The molecule has 0 saturated carbocycles. The molecule has 1 heterocycles. The Bertz CT molecular complexity index is 721. The summed E-state index contributed by atoms with van der Waals surface area (Å²) < 4.78 is 2.58. The Kier molecular flexibility index (Phi) is 5.21. The molecule has 4 nitrogen and oxygen atoms in total. The molecule has 0 radical (unpaired) electrons. The zero-order valence-electron chi connectivity index (χ0n) is 11.1. The number of nitriles is 1. The minimum atomic E-state index is -0.0161. The van der Waals surface area contributed by atoms with E-state index in [0.29, 0.717) is 34.8 Å². The molecule has 0 saturated heterocycles. The largest absolute Gasteiger partial charge is 0.287 e. The average Bonchev–Trinajstić information content (AvgIpc) is 2.44. The molecule has 0 fully saturated rings. The summed E-state index contributed by atoms with van der Waals surface area (Å²) in [6.45, 7) is 2.67. The summed E-state index contributed by atoms with van der Waals surface area (Å²) in [5.41, 5.74) is 0.683. The molecule has 0 unspecified atom stereocenters. The number of nitrogens with zero attached hydrogens (tertiary/aromatic N) is 3. The van der Waals surface area contributed by atoms with E-state index in [0.717, 1.165) is 10.9 Å². The van der Waals surface area contributed by atoms with Crippen LogP contribution in [0.15, 0.2) is 32.6 Å². The van der Waals surface area contributed by atoms with Crippen LogP contribution in [-0.2, 0) is 6.54 Å². The maximum absolute atomic E-state index is 12.5. The van der Waals surface area contributed by atoms with Gasteiger partial charge >= 0.3 is 0 Å². The predicted octanol–water partition coefficient (Wildman–Crippen LogP) is 3.57. The fraction of sp³-hybridized carbons (Fsp3) is 0.357. The smallest absolute Gasteiger partial charge is 0.262 e. The SMILES string of the molecule is CCCn1c(SCCC#N)nc2ccc(Br)cc2c1=O. The second-order valence-corrected chi connectivity index (χ2v) is 6.25. The first-order valence-corrected chi connectivity index (χ1v) is 8.15. The van der Waals surface area contributed by atoms with Gasteiger partial charge in [0, 0.05) is 23.2 Å². The lowest BCUT2D eigenvalue weighted by Gasteiger charge is -2.11. The Balaban J connectivity index is 2.55. The van der Waals surface area contributed by atoms with Crippen molar-refractivity contribution >= 4 is 38.6 Å². The number of hydrogen-bond acceptors (Lipinski definition) is 4. The lowest BCUT2D eigenvalue weighted by atomic mass is 10.2. The fourth-order valence-corrected chi connectivity index (χ4v) is 3.12. The molecule has 6 heteroatoms. The molecular weight excluding hydrogens is 338 g/mol. The van der Waals surface area contributed by atoms with E-state index in [1.54, 1.807) is 10.6 Å². The predicted molar refractivity (Wildman–Crippen MR) is 84.9 cm³/mol. The maximum Gasteiger partial charge on any atom is 0.262 e. The lowest BCUT2D eigenvalue weighted by molar-refractivity contribution is 0.585. The lowest BCUT2D eigenvalue weighted by Crippen LogP contribution is -2.23. The fourth-order valence-electron chi connectivity index (χ4n) is 1.89. The van der Waals surface area contributed by atoms with Crippen LogP contribution in [0.1, 0.15) is 19.8 Å². The van der Waals surface area contributed by atoms with Gasteiger partial charge < -0.3 is 0 Å². The van der Waals surface area contributed by atoms with E-state index in [4.69, 9.17) is 5.26 Å². The van der Waals surface area contributed by atoms with Crippen LogP contribution in [0.25, 0.3) is 10.9 Å². The van der Waals surface area contributed by atoms with Gasteiger partial charge in [-0.3, -0.25) is 9.36 Å². The van der Waals surface area contributed by atoms with Gasteiger partial charge in [-0.2, -0.15) is 5.26 Å². The topological polar surface area (TPSA) is 58.7 Å².